The molecule has 0 unspecified atom stereocenters. The van der Waals surface area contributed by atoms with E-state index in [0.717, 1.165) is 11.3 Å². The van der Waals surface area contributed by atoms with Crippen LogP contribution in [0.5, 0.6) is 0 Å². The molecule has 0 aromatic carbocycles. The number of methoxy groups -OCH3 is 1. The molecular weight excluding hydrogens is 276 g/mol. The molecule has 0 aliphatic rings. The Kier molecular flexibility index (Phi) is 4.46. The van der Waals surface area contributed by atoms with Crippen LogP contribution in [0.3, 0.4) is 0 Å². The highest BCUT2D eigenvalue weighted by Gasteiger charge is 2.27. The molecule has 18 heavy (non-hydrogen) atoms. The Morgan fingerprint density at radius 3 is 2.61 bits per heavy atom. The Morgan fingerprint density at radius 2 is 2.11 bits per heavy atom. The molecule has 6 nitrogen and oxygen atoms in total. The number of carbonyl (C=O) groups is 1. The predicted octanol–water partition coefficient (Wildman–Crippen LogP) is 1.25. The number of hydrogen-bond acceptors (Lipinski definition) is 6. The van der Waals surface area contributed by atoms with Gasteiger partial charge in [0.2, 0.25) is 0 Å². The summed E-state index contributed by atoms with van der Waals surface area (Å²) in [6.07, 6.45) is 0. The van der Waals surface area contributed by atoms with Gasteiger partial charge in [-0.05, 0) is 5.41 Å². The quantitative estimate of drug-likeness (QED) is 0.844. The first kappa shape index (κ1) is 15.1. The van der Waals surface area contributed by atoms with Crippen molar-refractivity contribution in [3.63, 3.8) is 0 Å². The van der Waals surface area contributed by atoms with E-state index in [1.807, 2.05) is 20.8 Å². The number of sulfonamides is 1. The molecule has 0 saturated carbocycles. The van der Waals surface area contributed by atoms with Gasteiger partial charge >= 0.3 is 5.97 Å². The summed E-state index contributed by atoms with van der Waals surface area (Å²) in [5.74, 6) is -0.757. The summed E-state index contributed by atoms with van der Waals surface area (Å²) in [5.41, 5.74) is 0.935. The highest BCUT2D eigenvalue weighted by atomic mass is 32.2. The Balaban J connectivity index is 2.99. The second-order valence-corrected chi connectivity index (χ2v) is 7.68. The van der Waals surface area contributed by atoms with Gasteiger partial charge in [0.05, 0.1) is 12.6 Å². The second kappa shape index (κ2) is 5.33. The lowest BCUT2D eigenvalue weighted by atomic mass is 9.98. The van der Waals surface area contributed by atoms with Crippen molar-refractivity contribution in [1.29, 1.82) is 0 Å². The van der Waals surface area contributed by atoms with Crippen molar-refractivity contribution >= 4 is 27.3 Å². The summed E-state index contributed by atoms with van der Waals surface area (Å²) in [6.45, 7) is 5.99. The number of aromatic nitrogens is 1. The SMILES string of the molecule is COC(=O)c1ncsc1S(=O)(=O)NCC(C)(C)C. The van der Waals surface area contributed by atoms with Gasteiger partial charge in [-0.15, -0.1) is 11.3 Å². The van der Waals surface area contributed by atoms with Crippen LogP contribution >= 0.6 is 11.3 Å². The predicted molar refractivity (Wildman–Crippen MR) is 68.1 cm³/mol. The van der Waals surface area contributed by atoms with Crippen LogP contribution in [-0.4, -0.2) is 33.0 Å². The van der Waals surface area contributed by atoms with Crippen molar-refractivity contribution in [2.45, 2.75) is 25.0 Å². The number of esters is 1. The molecule has 0 bridgehead atoms. The van der Waals surface area contributed by atoms with Crippen molar-refractivity contribution in [3.05, 3.63) is 11.2 Å². The first-order valence-corrected chi connectivity index (χ1v) is 7.55. The van der Waals surface area contributed by atoms with E-state index in [9.17, 15) is 13.2 Å². The van der Waals surface area contributed by atoms with E-state index in [-0.39, 0.29) is 21.9 Å². The second-order valence-electron chi connectivity index (χ2n) is 4.87. The fourth-order valence-corrected chi connectivity index (χ4v) is 3.49. The number of nitrogens with zero attached hydrogens (tertiary/aromatic N) is 1. The highest BCUT2D eigenvalue weighted by Crippen LogP contribution is 2.21. The van der Waals surface area contributed by atoms with Gasteiger partial charge in [-0.25, -0.2) is 22.9 Å². The summed E-state index contributed by atoms with van der Waals surface area (Å²) in [5, 5.41) is 0. The van der Waals surface area contributed by atoms with E-state index in [0.29, 0.717) is 0 Å². The summed E-state index contributed by atoms with van der Waals surface area (Å²) in [6, 6.07) is 0. The highest BCUT2D eigenvalue weighted by molar-refractivity contribution is 7.91. The monoisotopic (exact) mass is 292 g/mol. The number of carbonyl (C=O) groups excluding carboxylic acids is 1. The van der Waals surface area contributed by atoms with E-state index in [1.165, 1.54) is 12.6 Å². The van der Waals surface area contributed by atoms with E-state index < -0.39 is 16.0 Å². The fraction of sp³-hybridized carbons (Fsp3) is 0.600. The third-order valence-corrected chi connectivity index (χ3v) is 4.72. The van der Waals surface area contributed by atoms with Gasteiger partial charge in [-0.3, -0.25) is 0 Å². The van der Waals surface area contributed by atoms with Crippen LogP contribution in [-0.2, 0) is 14.8 Å². The number of nitrogens with one attached hydrogen (secondary N) is 1. The number of thiazole rings is 1. The van der Waals surface area contributed by atoms with Crippen LogP contribution in [0.2, 0.25) is 0 Å². The third-order valence-electron chi connectivity index (χ3n) is 1.95. The molecule has 1 aromatic heterocycles. The number of rotatable bonds is 4. The van der Waals surface area contributed by atoms with Gasteiger partial charge in [0.15, 0.2) is 9.90 Å². The molecule has 1 heterocycles. The first-order valence-electron chi connectivity index (χ1n) is 5.19. The molecule has 0 aliphatic carbocycles. The minimum Gasteiger partial charge on any atom is -0.464 e. The van der Waals surface area contributed by atoms with Crippen LogP contribution in [0.4, 0.5) is 0 Å². The molecule has 1 aromatic rings. The minimum absolute atomic E-state index is 0.112. The van der Waals surface area contributed by atoms with Crippen LogP contribution in [0.1, 0.15) is 31.3 Å². The average molecular weight is 292 g/mol. The largest absolute Gasteiger partial charge is 0.464 e. The standard InChI is InChI=1S/C10H16N2O4S2/c1-10(2,3)5-12-18(14,15)9-7(8(13)16-4)11-6-17-9/h6,12H,5H2,1-4H3. The molecule has 102 valence electrons. The fourth-order valence-electron chi connectivity index (χ4n) is 1.04. The molecule has 0 aliphatic heterocycles. The van der Waals surface area contributed by atoms with Gasteiger partial charge in [0, 0.05) is 6.54 Å². The van der Waals surface area contributed by atoms with E-state index >= 15 is 0 Å². The van der Waals surface area contributed by atoms with Crippen molar-refractivity contribution in [2.24, 2.45) is 5.41 Å². The minimum atomic E-state index is -3.73. The summed E-state index contributed by atoms with van der Waals surface area (Å²) in [4.78, 5) is 15.1. The lowest BCUT2D eigenvalue weighted by Gasteiger charge is -2.18. The topological polar surface area (TPSA) is 85.4 Å². The van der Waals surface area contributed by atoms with Crippen LogP contribution in [0.15, 0.2) is 9.72 Å². The van der Waals surface area contributed by atoms with Crippen molar-refractivity contribution in [3.8, 4) is 0 Å². The Morgan fingerprint density at radius 1 is 1.50 bits per heavy atom. The van der Waals surface area contributed by atoms with E-state index in [1.54, 1.807) is 0 Å². The van der Waals surface area contributed by atoms with Crippen molar-refractivity contribution in [1.82, 2.24) is 9.71 Å². The zero-order chi connectivity index (χ0) is 14.0. The Labute approximate surface area is 110 Å². The molecule has 1 rings (SSSR count). The molecule has 1 N–H and O–H groups in total. The van der Waals surface area contributed by atoms with Crippen LogP contribution in [0.25, 0.3) is 0 Å². The Bertz CT molecular complexity index is 528. The molecule has 0 amide bonds. The van der Waals surface area contributed by atoms with Crippen molar-refractivity contribution in [2.75, 3.05) is 13.7 Å². The third kappa shape index (κ3) is 3.76. The molecule has 0 spiro atoms. The summed E-state index contributed by atoms with van der Waals surface area (Å²) < 4.78 is 30.9. The lowest BCUT2D eigenvalue weighted by Crippen LogP contribution is -2.32. The maximum atomic E-state index is 12.0. The normalized spacial score (nSPS) is 12.4. The summed E-state index contributed by atoms with van der Waals surface area (Å²) >= 11 is 0.888. The molecule has 0 atom stereocenters. The van der Waals surface area contributed by atoms with Gasteiger partial charge in [-0.2, -0.15) is 0 Å². The van der Waals surface area contributed by atoms with E-state index in [4.69, 9.17) is 0 Å². The number of ether oxygens (including phenoxy) is 1. The Hall–Kier alpha value is -0.990. The van der Waals surface area contributed by atoms with Crippen LogP contribution in [0, 0.1) is 5.41 Å². The van der Waals surface area contributed by atoms with Crippen molar-refractivity contribution < 1.29 is 17.9 Å². The lowest BCUT2D eigenvalue weighted by molar-refractivity contribution is 0.0590. The smallest absolute Gasteiger partial charge is 0.358 e. The van der Waals surface area contributed by atoms with Crippen LogP contribution < -0.4 is 4.72 Å². The maximum Gasteiger partial charge on any atom is 0.358 e. The first-order chi connectivity index (χ1) is 8.17. The maximum absolute atomic E-state index is 12.0. The molecule has 8 heteroatoms. The summed E-state index contributed by atoms with van der Waals surface area (Å²) in [7, 11) is -2.55. The van der Waals surface area contributed by atoms with Gasteiger partial charge < -0.3 is 4.74 Å². The molecule has 0 fully saturated rings. The zero-order valence-electron chi connectivity index (χ0n) is 10.7. The average Bonchev–Trinajstić information content (AvgIpc) is 2.74. The molecule has 0 saturated heterocycles. The molecule has 0 radical (unpaired) electrons. The number of hydrogen-bond donors (Lipinski definition) is 1. The van der Waals surface area contributed by atoms with Gasteiger partial charge in [0.1, 0.15) is 0 Å². The van der Waals surface area contributed by atoms with Gasteiger partial charge in [-0.1, -0.05) is 20.8 Å². The zero-order valence-corrected chi connectivity index (χ0v) is 12.3. The van der Waals surface area contributed by atoms with Gasteiger partial charge in [0.25, 0.3) is 10.0 Å². The van der Waals surface area contributed by atoms with E-state index in [2.05, 4.69) is 14.4 Å². The molecular formula is C10H16N2O4S2.